The molecular weight excluding hydrogens is 134 g/mol. The van der Waals surface area contributed by atoms with Crippen LogP contribution < -0.4 is 5.73 Å². The highest BCUT2D eigenvalue weighted by atomic mass is 16.4. The van der Waals surface area contributed by atoms with E-state index >= 15 is 0 Å². The highest BCUT2D eigenvalue weighted by Crippen LogP contribution is 1.65. The first kappa shape index (κ1) is 11.9. The normalized spacial score (nSPS) is 8.70. The molecule has 0 amide bonds. The maximum Gasteiger partial charge on any atom is 0.327 e. The molecule has 0 aliphatic heterocycles. The van der Waals surface area contributed by atoms with Gasteiger partial charge in [-0.1, -0.05) is 6.08 Å². The van der Waals surface area contributed by atoms with E-state index in [4.69, 9.17) is 15.9 Å². The number of nitrogens with two attached hydrogens (primary N) is 1. The fraction of sp³-hybridized carbons (Fsp3) is 0.500. The van der Waals surface area contributed by atoms with Crippen LogP contribution in [0.4, 0.5) is 0 Å². The van der Waals surface area contributed by atoms with Crippen molar-refractivity contribution in [3.05, 3.63) is 12.2 Å². The molecule has 0 saturated carbocycles. The van der Waals surface area contributed by atoms with Crippen molar-refractivity contribution >= 4 is 5.97 Å². The third-order valence-electron chi connectivity index (χ3n) is 0.438. The van der Waals surface area contributed by atoms with Gasteiger partial charge in [-0.3, -0.25) is 0 Å². The van der Waals surface area contributed by atoms with Gasteiger partial charge in [0, 0.05) is 12.6 Å². The minimum atomic E-state index is -0.891. The van der Waals surface area contributed by atoms with Crippen molar-refractivity contribution in [2.45, 2.75) is 6.92 Å². The molecule has 60 valence electrons. The number of carboxylic acids is 1. The van der Waals surface area contributed by atoms with Crippen LogP contribution in [0.25, 0.3) is 0 Å². The SMILES string of the molecule is C/C=C/C(=O)O.NCCO. The van der Waals surface area contributed by atoms with Gasteiger partial charge in [-0.25, -0.2) is 4.79 Å². The predicted octanol–water partition coefficient (Wildman–Crippen LogP) is -0.415. The van der Waals surface area contributed by atoms with Gasteiger partial charge in [-0.05, 0) is 6.92 Å². The van der Waals surface area contributed by atoms with E-state index in [2.05, 4.69) is 0 Å². The molecule has 4 heteroatoms. The summed E-state index contributed by atoms with van der Waals surface area (Å²) in [7, 11) is 0. The van der Waals surface area contributed by atoms with Crippen LogP contribution in [-0.4, -0.2) is 29.3 Å². The zero-order valence-electron chi connectivity index (χ0n) is 5.95. The molecular formula is C6H13NO3. The molecule has 0 saturated heterocycles. The standard InChI is InChI=1S/C4H6O2.C2H7NO/c1-2-3-4(5)6;3-1-2-4/h2-3H,1H3,(H,5,6);4H,1-3H2/b3-2+;. The summed E-state index contributed by atoms with van der Waals surface area (Å²) in [6, 6.07) is 0. The summed E-state index contributed by atoms with van der Waals surface area (Å²) in [6.07, 6.45) is 2.56. The van der Waals surface area contributed by atoms with E-state index in [1.54, 1.807) is 6.92 Å². The summed E-state index contributed by atoms with van der Waals surface area (Å²) in [5.74, 6) is -0.891. The van der Waals surface area contributed by atoms with Crippen molar-refractivity contribution in [2.24, 2.45) is 5.73 Å². The van der Waals surface area contributed by atoms with Crippen molar-refractivity contribution in [3.63, 3.8) is 0 Å². The Hall–Kier alpha value is -0.870. The van der Waals surface area contributed by atoms with E-state index in [9.17, 15) is 4.79 Å². The van der Waals surface area contributed by atoms with Crippen LogP contribution in [0.3, 0.4) is 0 Å². The lowest BCUT2D eigenvalue weighted by molar-refractivity contribution is -0.131. The fourth-order valence-corrected chi connectivity index (χ4v) is 0.143. The van der Waals surface area contributed by atoms with Gasteiger partial charge in [0.25, 0.3) is 0 Å². The van der Waals surface area contributed by atoms with Crippen molar-refractivity contribution in [1.82, 2.24) is 0 Å². The zero-order chi connectivity index (χ0) is 8.41. The number of aliphatic hydroxyl groups excluding tert-OH is 1. The van der Waals surface area contributed by atoms with Crippen molar-refractivity contribution < 1.29 is 15.0 Å². The molecule has 0 aromatic rings. The third kappa shape index (κ3) is 27.3. The molecule has 4 nitrogen and oxygen atoms in total. The molecule has 0 fully saturated rings. The van der Waals surface area contributed by atoms with Crippen molar-refractivity contribution in [3.8, 4) is 0 Å². The number of hydrogen-bond donors (Lipinski definition) is 3. The number of rotatable bonds is 2. The highest BCUT2D eigenvalue weighted by molar-refractivity contribution is 5.79. The van der Waals surface area contributed by atoms with Crippen LogP contribution in [0.1, 0.15) is 6.92 Å². The smallest absolute Gasteiger partial charge is 0.327 e. The summed E-state index contributed by atoms with van der Waals surface area (Å²) in [6.45, 7) is 2.13. The summed E-state index contributed by atoms with van der Waals surface area (Å²) in [5, 5.41) is 15.6. The van der Waals surface area contributed by atoms with Gasteiger partial charge in [0.15, 0.2) is 0 Å². The molecule has 0 radical (unpaired) electrons. The quantitative estimate of drug-likeness (QED) is 0.463. The van der Waals surface area contributed by atoms with E-state index < -0.39 is 5.97 Å². The Bertz CT molecular complexity index is 99.2. The lowest BCUT2D eigenvalue weighted by Crippen LogP contribution is -2.02. The Morgan fingerprint density at radius 2 is 2.10 bits per heavy atom. The number of aliphatic hydroxyl groups is 1. The van der Waals surface area contributed by atoms with Gasteiger partial charge >= 0.3 is 5.97 Å². The maximum absolute atomic E-state index is 9.51. The van der Waals surface area contributed by atoms with Crippen LogP contribution in [0.15, 0.2) is 12.2 Å². The second kappa shape index (κ2) is 11.0. The molecule has 0 aliphatic carbocycles. The Balaban J connectivity index is 0. The molecule has 0 aromatic heterocycles. The van der Waals surface area contributed by atoms with E-state index in [0.717, 1.165) is 6.08 Å². The summed E-state index contributed by atoms with van der Waals surface area (Å²) in [4.78, 5) is 9.51. The number of allylic oxidation sites excluding steroid dienone is 1. The van der Waals surface area contributed by atoms with Gasteiger partial charge in [0.05, 0.1) is 6.61 Å². The number of carbonyl (C=O) groups is 1. The predicted molar refractivity (Wildman–Crippen MR) is 38.6 cm³/mol. The Labute approximate surface area is 60.0 Å². The van der Waals surface area contributed by atoms with Crippen LogP contribution in [-0.2, 0) is 4.79 Å². The van der Waals surface area contributed by atoms with Gasteiger partial charge in [-0.15, -0.1) is 0 Å². The molecule has 0 spiro atoms. The average Bonchev–Trinajstić information content (AvgIpc) is 1.89. The number of aliphatic carboxylic acids is 1. The van der Waals surface area contributed by atoms with Gasteiger partial charge in [0.1, 0.15) is 0 Å². The number of carboxylic acid groups (broad SMARTS) is 1. The number of hydrogen-bond acceptors (Lipinski definition) is 3. The molecule has 10 heavy (non-hydrogen) atoms. The maximum atomic E-state index is 9.51. The summed E-state index contributed by atoms with van der Waals surface area (Å²) in [5.41, 5.74) is 4.78. The second-order valence-corrected chi connectivity index (χ2v) is 1.35. The van der Waals surface area contributed by atoms with E-state index in [1.807, 2.05) is 0 Å². The molecule has 0 bridgehead atoms. The van der Waals surface area contributed by atoms with Gasteiger partial charge in [-0.2, -0.15) is 0 Å². The molecule has 0 aliphatic rings. The summed E-state index contributed by atoms with van der Waals surface area (Å²) >= 11 is 0. The molecule has 0 heterocycles. The first-order valence-corrected chi connectivity index (χ1v) is 2.85. The fourth-order valence-electron chi connectivity index (χ4n) is 0.143. The Morgan fingerprint density at radius 1 is 1.70 bits per heavy atom. The first-order valence-electron chi connectivity index (χ1n) is 2.85. The Kier molecular flexibility index (Phi) is 13.1. The molecule has 0 atom stereocenters. The minimum absolute atomic E-state index is 0.0972. The molecule has 0 unspecified atom stereocenters. The first-order chi connectivity index (χ1) is 4.68. The van der Waals surface area contributed by atoms with Crippen molar-refractivity contribution in [1.29, 1.82) is 0 Å². The van der Waals surface area contributed by atoms with Gasteiger partial charge in [0.2, 0.25) is 0 Å². The van der Waals surface area contributed by atoms with Crippen LogP contribution >= 0.6 is 0 Å². The third-order valence-corrected chi connectivity index (χ3v) is 0.438. The lowest BCUT2D eigenvalue weighted by Gasteiger charge is -1.71. The molecule has 0 rings (SSSR count). The van der Waals surface area contributed by atoms with Crippen LogP contribution in [0.5, 0.6) is 0 Å². The molecule has 0 aromatic carbocycles. The van der Waals surface area contributed by atoms with Crippen LogP contribution in [0, 0.1) is 0 Å². The average molecular weight is 147 g/mol. The zero-order valence-corrected chi connectivity index (χ0v) is 5.95. The largest absolute Gasteiger partial charge is 0.478 e. The van der Waals surface area contributed by atoms with Gasteiger partial charge < -0.3 is 15.9 Å². The topological polar surface area (TPSA) is 83.5 Å². The monoisotopic (exact) mass is 147 g/mol. The van der Waals surface area contributed by atoms with E-state index in [-0.39, 0.29) is 6.61 Å². The Morgan fingerprint density at radius 3 is 2.10 bits per heavy atom. The summed E-state index contributed by atoms with van der Waals surface area (Å²) < 4.78 is 0. The van der Waals surface area contributed by atoms with Crippen molar-refractivity contribution in [2.75, 3.05) is 13.2 Å². The van der Waals surface area contributed by atoms with Crippen LogP contribution in [0.2, 0.25) is 0 Å². The molecule has 4 N–H and O–H groups in total. The van der Waals surface area contributed by atoms with E-state index in [1.165, 1.54) is 6.08 Å². The highest BCUT2D eigenvalue weighted by Gasteiger charge is 1.76. The second-order valence-electron chi connectivity index (χ2n) is 1.35. The van der Waals surface area contributed by atoms with E-state index in [0.29, 0.717) is 6.54 Å². The lowest BCUT2D eigenvalue weighted by atomic mass is 10.5. The minimum Gasteiger partial charge on any atom is -0.478 e.